The first-order valence-electron chi connectivity index (χ1n) is 8.79. The zero-order valence-corrected chi connectivity index (χ0v) is 16.5. The van der Waals surface area contributed by atoms with Gasteiger partial charge in [-0.3, -0.25) is 9.69 Å². The van der Waals surface area contributed by atoms with Crippen LogP contribution in [0.4, 0.5) is 0 Å². The van der Waals surface area contributed by atoms with Crippen LogP contribution in [0, 0.1) is 18.8 Å². The van der Waals surface area contributed by atoms with Gasteiger partial charge < -0.3 is 4.98 Å². The Morgan fingerprint density at radius 2 is 2.04 bits per heavy atom. The number of aromatic nitrogens is 2. The smallest absolute Gasteiger partial charge is 0.260 e. The van der Waals surface area contributed by atoms with Crippen LogP contribution >= 0.6 is 22.7 Å². The molecule has 0 aliphatic carbocycles. The number of piperidine rings is 1. The van der Waals surface area contributed by atoms with E-state index in [0.29, 0.717) is 11.8 Å². The molecule has 1 fully saturated rings. The summed E-state index contributed by atoms with van der Waals surface area (Å²) in [6.45, 7) is 9.58. The zero-order valence-electron chi connectivity index (χ0n) is 14.8. The molecule has 4 nitrogen and oxygen atoms in total. The normalized spacial score (nSPS) is 21.9. The highest BCUT2D eigenvalue weighted by Gasteiger charge is 2.23. The highest BCUT2D eigenvalue weighted by molar-refractivity contribution is 7.19. The summed E-state index contributed by atoms with van der Waals surface area (Å²) in [5.41, 5.74) is 0.999. The molecule has 132 valence electrons. The number of nitrogens with one attached hydrogen (secondary N) is 1. The van der Waals surface area contributed by atoms with Gasteiger partial charge in [-0.05, 0) is 37.3 Å². The number of hydrogen-bond donors (Lipinski definition) is 1. The van der Waals surface area contributed by atoms with Crippen LogP contribution in [-0.2, 0) is 6.54 Å². The van der Waals surface area contributed by atoms with E-state index in [4.69, 9.17) is 4.98 Å². The number of rotatable bonds is 3. The summed E-state index contributed by atoms with van der Waals surface area (Å²) in [6, 6.07) is 4.18. The van der Waals surface area contributed by atoms with Crippen molar-refractivity contribution in [3.05, 3.63) is 38.6 Å². The fourth-order valence-corrected chi connectivity index (χ4v) is 5.88. The summed E-state index contributed by atoms with van der Waals surface area (Å²) >= 11 is 3.29. The summed E-state index contributed by atoms with van der Waals surface area (Å²) < 4.78 is 0. The SMILES string of the molecule is Cc1ccc(-c2csc3nc(CN4C[C@@H](C)C[C@H](C)C4)[nH]c(=O)c23)s1. The van der Waals surface area contributed by atoms with E-state index in [1.54, 1.807) is 22.7 Å². The van der Waals surface area contributed by atoms with E-state index in [1.165, 1.54) is 11.3 Å². The minimum Gasteiger partial charge on any atom is -0.309 e. The maximum Gasteiger partial charge on any atom is 0.260 e. The molecule has 2 atom stereocenters. The molecule has 0 saturated carbocycles. The van der Waals surface area contributed by atoms with Gasteiger partial charge >= 0.3 is 0 Å². The van der Waals surface area contributed by atoms with Crippen molar-refractivity contribution in [1.82, 2.24) is 14.9 Å². The second kappa shape index (κ2) is 6.67. The molecule has 4 rings (SSSR count). The third-order valence-corrected chi connectivity index (χ3v) is 6.72. The summed E-state index contributed by atoms with van der Waals surface area (Å²) in [5.74, 6) is 2.19. The Labute approximate surface area is 155 Å². The van der Waals surface area contributed by atoms with E-state index in [2.05, 4.69) is 48.2 Å². The lowest BCUT2D eigenvalue weighted by atomic mass is 9.92. The van der Waals surface area contributed by atoms with Crippen molar-refractivity contribution in [2.75, 3.05) is 13.1 Å². The van der Waals surface area contributed by atoms with Crippen LogP contribution in [0.15, 0.2) is 22.3 Å². The Kier molecular flexibility index (Phi) is 4.52. The summed E-state index contributed by atoms with van der Waals surface area (Å²) in [6.07, 6.45) is 1.29. The second-order valence-electron chi connectivity index (χ2n) is 7.39. The molecule has 0 bridgehead atoms. The molecule has 0 unspecified atom stereocenters. The first kappa shape index (κ1) is 16.9. The Morgan fingerprint density at radius 3 is 2.72 bits per heavy atom. The van der Waals surface area contributed by atoms with Crippen LogP contribution in [-0.4, -0.2) is 28.0 Å². The molecule has 0 amide bonds. The minimum atomic E-state index is -0.0135. The molecule has 1 N–H and O–H groups in total. The molecule has 0 aromatic carbocycles. The Hall–Kier alpha value is -1.50. The first-order chi connectivity index (χ1) is 12.0. The van der Waals surface area contributed by atoms with Crippen LogP contribution < -0.4 is 5.56 Å². The summed E-state index contributed by atoms with van der Waals surface area (Å²) in [4.78, 5) is 26.2. The van der Waals surface area contributed by atoms with E-state index < -0.39 is 0 Å². The lowest BCUT2D eigenvalue weighted by Gasteiger charge is -2.34. The van der Waals surface area contributed by atoms with Gasteiger partial charge in [0.1, 0.15) is 10.7 Å². The van der Waals surface area contributed by atoms with Crippen LogP contribution in [0.5, 0.6) is 0 Å². The van der Waals surface area contributed by atoms with Crippen LogP contribution in [0.25, 0.3) is 20.7 Å². The number of aromatic amines is 1. The average Bonchev–Trinajstić information content (AvgIpc) is 3.12. The monoisotopic (exact) mass is 373 g/mol. The molecular weight excluding hydrogens is 350 g/mol. The Balaban J connectivity index is 1.66. The number of fused-ring (bicyclic) bond motifs is 1. The highest BCUT2D eigenvalue weighted by atomic mass is 32.1. The summed E-state index contributed by atoms with van der Waals surface area (Å²) in [5, 5.41) is 2.79. The Bertz CT molecular complexity index is 945. The lowest BCUT2D eigenvalue weighted by molar-refractivity contribution is 0.131. The maximum atomic E-state index is 12.7. The van der Waals surface area contributed by atoms with Crippen molar-refractivity contribution >= 4 is 32.9 Å². The van der Waals surface area contributed by atoms with Gasteiger partial charge in [0.15, 0.2) is 0 Å². The van der Waals surface area contributed by atoms with Gasteiger partial charge in [-0.1, -0.05) is 13.8 Å². The third kappa shape index (κ3) is 3.43. The minimum absolute atomic E-state index is 0.0135. The zero-order chi connectivity index (χ0) is 17.6. The van der Waals surface area contributed by atoms with Crippen LogP contribution in [0.1, 0.15) is 31.0 Å². The van der Waals surface area contributed by atoms with Crippen molar-refractivity contribution in [3.8, 4) is 10.4 Å². The highest BCUT2D eigenvalue weighted by Crippen LogP contribution is 2.35. The van der Waals surface area contributed by atoms with E-state index in [0.717, 1.165) is 46.1 Å². The largest absolute Gasteiger partial charge is 0.309 e. The summed E-state index contributed by atoms with van der Waals surface area (Å²) in [7, 11) is 0. The quantitative estimate of drug-likeness (QED) is 0.735. The molecule has 1 aliphatic rings. The lowest BCUT2D eigenvalue weighted by Crippen LogP contribution is -2.38. The van der Waals surface area contributed by atoms with Crippen molar-refractivity contribution in [3.63, 3.8) is 0 Å². The van der Waals surface area contributed by atoms with Crippen LogP contribution in [0.3, 0.4) is 0 Å². The van der Waals surface area contributed by atoms with Crippen LogP contribution in [0.2, 0.25) is 0 Å². The van der Waals surface area contributed by atoms with Gasteiger partial charge in [-0.15, -0.1) is 22.7 Å². The van der Waals surface area contributed by atoms with Crippen molar-refractivity contribution in [2.24, 2.45) is 11.8 Å². The molecule has 1 aliphatic heterocycles. The molecule has 0 radical (unpaired) electrons. The van der Waals surface area contributed by atoms with Gasteiger partial charge in [0.05, 0.1) is 11.9 Å². The molecule has 3 aromatic rings. The van der Waals surface area contributed by atoms with Gasteiger partial charge in [-0.2, -0.15) is 0 Å². The predicted octanol–water partition coefficient (Wildman–Crippen LogP) is 4.50. The van der Waals surface area contributed by atoms with Crippen molar-refractivity contribution in [1.29, 1.82) is 0 Å². The third-order valence-electron chi connectivity index (χ3n) is 4.82. The standard InChI is InChI=1S/C19H23N3OS2/c1-11-6-12(2)8-22(7-11)9-16-20-18(23)17-14(10-24-19(17)21-16)15-5-4-13(3)25-15/h4-5,10-12H,6-9H2,1-3H3,(H,20,21,23)/t11-,12-/m0/s1. The topological polar surface area (TPSA) is 49.0 Å². The van der Waals surface area contributed by atoms with E-state index in [-0.39, 0.29) is 5.56 Å². The number of likely N-dealkylation sites (tertiary alicyclic amines) is 1. The first-order valence-corrected chi connectivity index (χ1v) is 10.5. The number of aryl methyl sites for hydroxylation is 1. The fraction of sp³-hybridized carbons (Fsp3) is 0.474. The van der Waals surface area contributed by atoms with E-state index >= 15 is 0 Å². The second-order valence-corrected chi connectivity index (χ2v) is 9.54. The molecule has 6 heteroatoms. The fourth-order valence-electron chi connectivity index (χ4n) is 3.96. The number of H-pyrrole nitrogens is 1. The Morgan fingerprint density at radius 1 is 1.28 bits per heavy atom. The maximum absolute atomic E-state index is 12.7. The van der Waals surface area contributed by atoms with Gasteiger partial charge in [0.2, 0.25) is 0 Å². The number of hydrogen-bond acceptors (Lipinski definition) is 5. The van der Waals surface area contributed by atoms with Gasteiger partial charge in [0.25, 0.3) is 5.56 Å². The molecule has 4 heterocycles. The van der Waals surface area contributed by atoms with Crippen molar-refractivity contribution < 1.29 is 0 Å². The van der Waals surface area contributed by atoms with Gasteiger partial charge in [-0.25, -0.2) is 4.98 Å². The molecule has 25 heavy (non-hydrogen) atoms. The number of thiophene rings is 2. The van der Waals surface area contributed by atoms with E-state index in [9.17, 15) is 4.79 Å². The molecular formula is C19H23N3OS2. The molecule has 1 saturated heterocycles. The predicted molar refractivity (Wildman–Crippen MR) is 107 cm³/mol. The van der Waals surface area contributed by atoms with Crippen molar-refractivity contribution in [2.45, 2.75) is 33.7 Å². The van der Waals surface area contributed by atoms with E-state index in [1.807, 2.05) is 0 Å². The molecule has 3 aromatic heterocycles. The number of nitrogens with zero attached hydrogens (tertiary/aromatic N) is 2. The molecule has 0 spiro atoms. The average molecular weight is 374 g/mol. The van der Waals surface area contributed by atoms with Gasteiger partial charge in [0, 0.05) is 33.8 Å².